The van der Waals surface area contributed by atoms with Gasteiger partial charge in [0.05, 0.1) is 10.4 Å². The highest BCUT2D eigenvalue weighted by Gasteiger charge is 2.55. The van der Waals surface area contributed by atoms with Gasteiger partial charge in [0.15, 0.2) is 0 Å². The molecule has 0 unspecified atom stereocenters. The first kappa shape index (κ1) is 15.0. The first-order valence-electron chi connectivity index (χ1n) is 8.21. The number of carbonyl (C=O) groups is 1. The molecule has 0 radical (unpaired) electrons. The van der Waals surface area contributed by atoms with Crippen LogP contribution in [0.1, 0.15) is 44.9 Å². The maximum Gasteiger partial charge on any atom is 0.229 e. The number of carbonyl (C=O) groups excluding carboxylic acids is 1. The van der Waals surface area contributed by atoms with Gasteiger partial charge in [-0.2, -0.15) is 0 Å². The van der Waals surface area contributed by atoms with E-state index in [0.717, 1.165) is 37.0 Å². The van der Waals surface area contributed by atoms with Gasteiger partial charge in [0, 0.05) is 19.5 Å². The van der Waals surface area contributed by atoms with Crippen molar-refractivity contribution in [2.24, 2.45) is 28.9 Å². The molecule has 0 aliphatic heterocycles. The number of hydrogen-bond donors (Lipinski definition) is 1. The molecule has 4 bridgehead atoms. The maximum absolute atomic E-state index is 13.2. The minimum atomic E-state index is -0.0754. The van der Waals surface area contributed by atoms with Crippen LogP contribution in [-0.2, 0) is 4.79 Å². The molecular weight excluding hydrogens is 280 g/mol. The van der Waals surface area contributed by atoms with Crippen molar-refractivity contribution in [3.05, 3.63) is 12.7 Å². The fourth-order valence-electron chi connectivity index (χ4n) is 5.38. The topological polar surface area (TPSA) is 46.3 Å². The molecule has 4 heteroatoms. The molecule has 0 aromatic rings. The van der Waals surface area contributed by atoms with E-state index in [4.69, 9.17) is 18.0 Å². The summed E-state index contributed by atoms with van der Waals surface area (Å²) in [5.41, 5.74) is 5.54. The Balaban J connectivity index is 1.75. The first-order valence-corrected chi connectivity index (χ1v) is 8.62. The third kappa shape index (κ3) is 2.87. The summed E-state index contributed by atoms with van der Waals surface area (Å²) in [5, 5.41) is 0. The second kappa shape index (κ2) is 5.71. The molecule has 4 rings (SSSR count). The van der Waals surface area contributed by atoms with Gasteiger partial charge in [0.25, 0.3) is 0 Å². The van der Waals surface area contributed by atoms with E-state index in [1.165, 1.54) is 19.3 Å². The Bertz CT molecular complexity index is 424. The van der Waals surface area contributed by atoms with Crippen molar-refractivity contribution in [3.8, 4) is 0 Å². The average molecular weight is 306 g/mol. The van der Waals surface area contributed by atoms with Crippen LogP contribution in [0.4, 0.5) is 0 Å². The van der Waals surface area contributed by atoms with Crippen LogP contribution in [0.25, 0.3) is 0 Å². The molecule has 116 valence electrons. The highest BCUT2D eigenvalue weighted by molar-refractivity contribution is 7.80. The molecule has 4 fully saturated rings. The van der Waals surface area contributed by atoms with E-state index < -0.39 is 0 Å². The van der Waals surface area contributed by atoms with E-state index in [-0.39, 0.29) is 5.41 Å². The summed E-state index contributed by atoms with van der Waals surface area (Å²) >= 11 is 4.97. The van der Waals surface area contributed by atoms with Crippen molar-refractivity contribution in [2.45, 2.75) is 44.9 Å². The van der Waals surface area contributed by atoms with Crippen molar-refractivity contribution in [2.75, 3.05) is 13.1 Å². The SMILES string of the molecule is C=CCN(CCC(N)=S)C(=O)C12CC3CC(CC(C3)C1)C2. The molecule has 4 aliphatic carbocycles. The number of rotatable bonds is 6. The van der Waals surface area contributed by atoms with Gasteiger partial charge in [-0.25, -0.2) is 0 Å². The zero-order valence-electron chi connectivity index (χ0n) is 12.7. The number of hydrogen-bond acceptors (Lipinski definition) is 2. The molecule has 1 amide bonds. The monoisotopic (exact) mass is 306 g/mol. The van der Waals surface area contributed by atoms with Crippen molar-refractivity contribution < 1.29 is 4.79 Å². The Morgan fingerprint density at radius 1 is 1.24 bits per heavy atom. The quantitative estimate of drug-likeness (QED) is 0.606. The van der Waals surface area contributed by atoms with Gasteiger partial charge in [-0.3, -0.25) is 4.79 Å². The lowest BCUT2D eigenvalue weighted by Crippen LogP contribution is -2.54. The Morgan fingerprint density at radius 2 is 1.76 bits per heavy atom. The van der Waals surface area contributed by atoms with Crippen LogP contribution in [0.15, 0.2) is 12.7 Å². The number of nitrogens with two attached hydrogens (primary N) is 1. The summed E-state index contributed by atoms with van der Waals surface area (Å²) < 4.78 is 0. The summed E-state index contributed by atoms with van der Waals surface area (Å²) in [4.78, 5) is 15.6. The van der Waals surface area contributed by atoms with Crippen molar-refractivity contribution >= 4 is 23.1 Å². The highest BCUT2D eigenvalue weighted by Crippen LogP contribution is 2.60. The molecule has 0 saturated heterocycles. The lowest BCUT2D eigenvalue weighted by molar-refractivity contribution is -0.157. The van der Waals surface area contributed by atoms with Crippen LogP contribution in [0.3, 0.4) is 0 Å². The zero-order valence-corrected chi connectivity index (χ0v) is 13.5. The standard InChI is InChI=1S/C17H26N2OS/c1-2-4-19(5-3-15(18)21)16(20)17-9-12-6-13(10-17)8-14(7-12)11-17/h2,12-14H,1,3-11H2,(H2,18,21). The average Bonchev–Trinajstić information content (AvgIpc) is 2.41. The van der Waals surface area contributed by atoms with Gasteiger partial charge < -0.3 is 10.6 Å². The van der Waals surface area contributed by atoms with E-state index in [9.17, 15) is 4.79 Å². The Kier molecular flexibility index (Phi) is 4.08. The van der Waals surface area contributed by atoms with Crippen LogP contribution in [-0.4, -0.2) is 28.9 Å². The molecule has 0 spiro atoms. The molecule has 4 saturated carbocycles. The Morgan fingerprint density at radius 3 is 2.19 bits per heavy atom. The van der Waals surface area contributed by atoms with Crippen LogP contribution >= 0.6 is 12.2 Å². The molecule has 0 heterocycles. The van der Waals surface area contributed by atoms with Gasteiger partial charge in [-0.1, -0.05) is 18.3 Å². The molecule has 0 aromatic heterocycles. The molecule has 0 atom stereocenters. The number of amides is 1. The molecule has 3 nitrogen and oxygen atoms in total. The molecule has 2 N–H and O–H groups in total. The largest absolute Gasteiger partial charge is 0.393 e. The van der Waals surface area contributed by atoms with E-state index in [0.29, 0.717) is 30.4 Å². The lowest BCUT2D eigenvalue weighted by atomic mass is 9.49. The Labute approximate surface area is 132 Å². The number of thiocarbonyl (C=S) groups is 1. The molecule has 21 heavy (non-hydrogen) atoms. The van der Waals surface area contributed by atoms with Crippen LogP contribution in [0.2, 0.25) is 0 Å². The summed E-state index contributed by atoms with van der Waals surface area (Å²) in [6, 6.07) is 0. The van der Waals surface area contributed by atoms with Gasteiger partial charge in [-0.15, -0.1) is 6.58 Å². The fraction of sp³-hybridized carbons (Fsp3) is 0.765. The van der Waals surface area contributed by atoms with Crippen LogP contribution in [0, 0.1) is 23.2 Å². The highest BCUT2D eigenvalue weighted by atomic mass is 32.1. The molecule has 4 aliphatic rings. The van der Waals surface area contributed by atoms with Gasteiger partial charge >= 0.3 is 0 Å². The number of nitrogens with zero attached hydrogens (tertiary/aromatic N) is 1. The summed E-state index contributed by atoms with van der Waals surface area (Å²) in [6.07, 6.45) is 9.84. The Hall–Kier alpha value is -0.900. The molecular formula is C17H26N2OS. The van der Waals surface area contributed by atoms with Crippen molar-refractivity contribution in [1.82, 2.24) is 4.90 Å². The normalized spacial score (nSPS) is 36.5. The van der Waals surface area contributed by atoms with E-state index >= 15 is 0 Å². The predicted octanol–water partition coefficient (Wildman–Crippen LogP) is 2.89. The predicted molar refractivity (Wildman–Crippen MR) is 88.8 cm³/mol. The van der Waals surface area contributed by atoms with Crippen LogP contribution < -0.4 is 5.73 Å². The third-order valence-electron chi connectivity index (χ3n) is 5.76. The second-order valence-corrected chi connectivity index (χ2v) is 7.98. The first-order chi connectivity index (χ1) is 10.0. The van der Waals surface area contributed by atoms with Crippen molar-refractivity contribution in [3.63, 3.8) is 0 Å². The van der Waals surface area contributed by atoms with Crippen molar-refractivity contribution in [1.29, 1.82) is 0 Å². The molecule has 0 aromatic carbocycles. The van der Waals surface area contributed by atoms with Gasteiger partial charge in [0.1, 0.15) is 0 Å². The zero-order chi connectivity index (χ0) is 15.0. The second-order valence-electron chi connectivity index (χ2n) is 7.45. The third-order valence-corrected chi connectivity index (χ3v) is 5.96. The summed E-state index contributed by atoms with van der Waals surface area (Å²) in [5.74, 6) is 2.72. The van der Waals surface area contributed by atoms with E-state index in [2.05, 4.69) is 6.58 Å². The lowest BCUT2D eigenvalue weighted by Gasteiger charge is -2.56. The van der Waals surface area contributed by atoms with E-state index in [1.807, 2.05) is 11.0 Å². The fourth-order valence-corrected chi connectivity index (χ4v) is 5.48. The van der Waals surface area contributed by atoms with Gasteiger partial charge in [0.2, 0.25) is 5.91 Å². The van der Waals surface area contributed by atoms with Crippen LogP contribution in [0.5, 0.6) is 0 Å². The smallest absolute Gasteiger partial charge is 0.229 e. The minimum absolute atomic E-state index is 0.0754. The summed E-state index contributed by atoms with van der Waals surface area (Å²) in [6.45, 7) is 5.05. The van der Waals surface area contributed by atoms with E-state index in [1.54, 1.807) is 0 Å². The van der Waals surface area contributed by atoms with Gasteiger partial charge in [-0.05, 0) is 56.3 Å². The maximum atomic E-state index is 13.2. The summed E-state index contributed by atoms with van der Waals surface area (Å²) in [7, 11) is 0. The minimum Gasteiger partial charge on any atom is -0.393 e.